The van der Waals surface area contributed by atoms with Crippen molar-refractivity contribution < 1.29 is 9.47 Å². The molecule has 0 atom stereocenters. The first-order chi connectivity index (χ1) is 18.9. The second kappa shape index (κ2) is 9.57. The van der Waals surface area contributed by atoms with Gasteiger partial charge in [0.25, 0.3) is 0 Å². The van der Waals surface area contributed by atoms with Crippen molar-refractivity contribution in [2.24, 2.45) is 0 Å². The lowest BCUT2D eigenvalue weighted by Crippen LogP contribution is -2.01. The van der Waals surface area contributed by atoms with Gasteiger partial charge in [-0.1, -0.05) is 133 Å². The van der Waals surface area contributed by atoms with Crippen LogP contribution in [0.25, 0.3) is 43.1 Å². The average molecular weight is 491 g/mol. The van der Waals surface area contributed by atoms with Crippen LogP contribution in [0.1, 0.15) is 11.1 Å². The maximum Gasteiger partial charge on any atom is 0.135 e. The van der Waals surface area contributed by atoms with Gasteiger partial charge in [0.05, 0.1) is 0 Å². The molecule has 0 unspecified atom stereocenters. The number of fused-ring (bicyclic) bond motifs is 4. The summed E-state index contributed by atoms with van der Waals surface area (Å²) < 4.78 is 13.3. The molecule has 0 aliphatic heterocycles. The van der Waals surface area contributed by atoms with E-state index < -0.39 is 0 Å². The Morgan fingerprint density at radius 1 is 0.316 bits per heavy atom. The van der Waals surface area contributed by atoms with Crippen molar-refractivity contribution >= 4 is 43.1 Å². The van der Waals surface area contributed by atoms with Crippen LogP contribution < -0.4 is 9.47 Å². The maximum atomic E-state index is 6.65. The minimum atomic E-state index is 0.492. The van der Waals surface area contributed by atoms with Crippen LogP contribution in [-0.2, 0) is 13.2 Å². The van der Waals surface area contributed by atoms with E-state index in [0.29, 0.717) is 13.2 Å². The van der Waals surface area contributed by atoms with Crippen LogP contribution in [-0.4, -0.2) is 0 Å². The lowest BCUT2D eigenvalue weighted by molar-refractivity contribution is 0.310. The zero-order chi connectivity index (χ0) is 25.3. The molecule has 0 amide bonds. The molecule has 0 saturated carbocycles. The summed E-state index contributed by atoms with van der Waals surface area (Å²) in [5.74, 6) is 1.78. The Morgan fingerprint density at radius 2 is 0.632 bits per heavy atom. The van der Waals surface area contributed by atoms with Crippen LogP contribution in [0.5, 0.6) is 11.5 Å². The fourth-order valence-electron chi connectivity index (χ4n) is 5.50. The summed E-state index contributed by atoms with van der Waals surface area (Å²) in [6.45, 7) is 0.983. The van der Waals surface area contributed by atoms with Crippen molar-refractivity contribution in [2.45, 2.75) is 13.2 Å². The molecule has 0 aliphatic carbocycles. The molecule has 0 N–H and O–H groups in total. The predicted molar refractivity (Wildman–Crippen MR) is 158 cm³/mol. The molecule has 0 aliphatic rings. The smallest absolute Gasteiger partial charge is 0.135 e. The Balaban J connectivity index is 1.31. The van der Waals surface area contributed by atoms with E-state index in [1.54, 1.807) is 0 Å². The lowest BCUT2D eigenvalue weighted by atomic mass is 10.00. The Bertz CT molecular complexity index is 1730. The summed E-state index contributed by atoms with van der Waals surface area (Å²) in [4.78, 5) is 0. The molecule has 38 heavy (non-hydrogen) atoms. The molecule has 7 aromatic rings. The van der Waals surface area contributed by atoms with E-state index in [1.807, 2.05) is 0 Å². The van der Waals surface area contributed by atoms with Gasteiger partial charge in [0.15, 0.2) is 0 Å². The minimum Gasteiger partial charge on any atom is -0.488 e. The molecule has 0 saturated heterocycles. The van der Waals surface area contributed by atoms with Gasteiger partial charge in [-0.05, 0) is 32.7 Å². The second-order valence-corrected chi connectivity index (χ2v) is 9.60. The standard InChI is InChI=1S/C36H26O2/c1-3-17-29-25(11-1)13-9-15-27(29)23-37-35-31-19-5-7-21-33(31)36(34-22-8-6-20-32(34)35)38-24-28-16-10-14-26-12-2-4-18-30(26)28/h1-22H,23-24H2. The number of hydrogen-bond donors (Lipinski definition) is 0. The third-order valence-electron chi connectivity index (χ3n) is 7.34. The van der Waals surface area contributed by atoms with Crippen LogP contribution in [0.4, 0.5) is 0 Å². The fraction of sp³-hybridized carbons (Fsp3) is 0.0556. The molecule has 0 bridgehead atoms. The molecular weight excluding hydrogens is 464 g/mol. The highest BCUT2D eigenvalue weighted by molar-refractivity contribution is 6.11. The van der Waals surface area contributed by atoms with Gasteiger partial charge in [-0.2, -0.15) is 0 Å². The van der Waals surface area contributed by atoms with E-state index in [0.717, 1.165) is 33.0 Å². The van der Waals surface area contributed by atoms with Crippen LogP contribution >= 0.6 is 0 Å². The van der Waals surface area contributed by atoms with Crippen LogP contribution in [0.15, 0.2) is 133 Å². The molecule has 0 radical (unpaired) electrons. The second-order valence-electron chi connectivity index (χ2n) is 9.60. The van der Waals surface area contributed by atoms with Crippen LogP contribution in [0.2, 0.25) is 0 Å². The lowest BCUT2D eigenvalue weighted by Gasteiger charge is -2.19. The monoisotopic (exact) mass is 490 g/mol. The van der Waals surface area contributed by atoms with Gasteiger partial charge < -0.3 is 9.47 Å². The van der Waals surface area contributed by atoms with E-state index in [9.17, 15) is 0 Å². The highest BCUT2D eigenvalue weighted by atomic mass is 16.5. The molecule has 0 aromatic heterocycles. The maximum absolute atomic E-state index is 6.65. The normalized spacial score (nSPS) is 11.4. The zero-order valence-corrected chi connectivity index (χ0v) is 20.9. The SMILES string of the molecule is c1ccc2c(COc3c4ccccc4c(OCc4cccc5ccccc45)c4ccccc34)cccc2c1. The topological polar surface area (TPSA) is 18.5 Å². The fourth-order valence-corrected chi connectivity index (χ4v) is 5.50. The number of ether oxygens (including phenoxy) is 2. The number of benzene rings is 7. The Labute approximate surface area is 221 Å². The zero-order valence-electron chi connectivity index (χ0n) is 20.9. The molecular formula is C36H26O2. The minimum absolute atomic E-state index is 0.492. The molecule has 0 spiro atoms. The summed E-state index contributed by atoms with van der Waals surface area (Å²) in [5, 5.41) is 9.11. The van der Waals surface area contributed by atoms with Crippen molar-refractivity contribution in [1.82, 2.24) is 0 Å². The first-order valence-corrected chi connectivity index (χ1v) is 13.0. The highest BCUT2D eigenvalue weighted by Crippen LogP contribution is 2.43. The van der Waals surface area contributed by atoms with Crippen LogP contribution in [0.3, 0.4) is 0 Å². The van der Waals surface area contributed by atoms with E-state index in [1.165, 1.54) is 32.7 Å². The van der Waals surface area contributed by atoms with Crippen molar-refractivity contribution in [3.63, 3.8) is 0 Å². The van der Waals surface area contributed by atoms with Gasteiger partial charge in [0.2, 0.25) is 0 Å². The predicted octanol–water partition coefficient (Wildman–Crippen LogP) is 9.46. The summed E-state index contributed by atoms with van der Waals surface area (Å²) in [6.07, 6.45) is 0. The van der Waals surface area contributed by atoms with Crippen molar-refractivity contribution in [1.29, 1.82) is 0 Å². The highest BCUT2D eigenvalue weighted by Gasteiger charge is 2.17. The molecule has 2 nitrogen and oxygen atoms in total. The summed E-state index contributed by atoms with van der Waals surface area (Å²) in [5.41, 5.74) is 2.35. The van der Waals surface area contributed by atoms with E-state index in [2.05, 4.69) is 133 Å². The van der Waals surface area contributed by atoms with E-state index in [-0.39, 0.29) is 0 Å². The Hall–Kier alpha value is -4.82. The Morgan fingerprint density at radius 3 is 1.03 bits per heavy atom. The summed E-state index contributed by atoms with van der Waals surface area (Å²) in [6, 6.07) is 46.5. The third kappa shape index (κ3) is 3.91. The van der Waals surface area contributed by atoms with Gasteiger partial charge in [0.1, 0.15) is 24.7 Å². The van der Waals surface area contributed by atoms with Crippen molar-refractivity contribution in [3.8, 4) is 11.5 Å². The largest absolute Gasteiger partial charge is 0.488 e. The third-order valence-corrected chi connectivity index (χ3v) is 7.34. The first-order valence-electron chi connectivity index (χ1n) is 13.0. The average Bonchev–Trinajstić information content (AvgIpc) is 2.99. The van der Waals surface area contributed by atoms with Crippen molar-refractivity contribution in [3.05, 3.63) is 145 Å². The molecule has 182 valence electrons. The van der Waals surface area contributed by atoms with Crippen LogP contribution in [0, 0.1) is 0 Å². The molecule has 0 fully saturated rings. The van der Waals surface area contributed by atoms with Gasteiger partial charge in [0, 0.05) is 21.5 Å². The number of hydrogen-bond acceptors (Lipinski definition) is 2. The quantitative estimate of drug-likeness (QED) is 0.216. The van der Waals surface area contributed by atoms with Gasteiger partial charge in [-0.15, -0.1) is 0 Å². The first kappa shape index (κ1) is 22.4. The Kier molecular flexibility index (Phi) is 5.64. The van der Waals surface area contributed by atoms with Crippen molar-refractivity contribution in [2.75, 3.05) is 0 Å². The van der Waals surface area contributed by atoms with Gasteiger partial charge in [-0.3, -0.25) is 0 Å². The summed E-state index contributed by atoms with van der Waals surface area (Å²) >= 11 is 0. The van der Waals surface area contributed by atoms with E-state index in [4.69, 9.17) is 9.47 Å². The molecule has 2 heteroatoms. The molecule has 0 heterocycles. The number of rotatable bonds is 6. The van der Waals surface area contributed by atoms with Gasteiger partial charge in [-0.25, -0.2) is 0 Å². The molecule has 7 rings (SSSR count). The van der Waals surface area contributed by atoms with Gasteiger partial charge >= 0.3 is 0 Å². The molecule has 7 aromatic carbocycles. The van der Waals surface area contributed by atoms with E-state index >= 15 is 0 Å². The summed E-state index contributed by atoms with van der Waals surface area (Å²) in [7, 11) is 0.